The fourth-order valence-corrected chi connectivity index (χ4v) is 3.73. The summed E-state index contributed by atoms with van der Waals surface area (Å²) in [6.07, 6.45) is 3.52. The molecule has 1 atom stereocenters. The van der Waals surface area contributed by atoms with Crippen LogP contribution in [0.5, 0.6) is 0 Å². The highest BCUT2D eigenvalue weighted by Crippen LogP contribution is 2.36. The van der Waals surface area contributed by atoms with Crippen LogP contribution < -0.4 is 0 Å². The van der Waals surface area contributed by atoms with Gasteiger partial charge >= 0.3 is 0 Å². The summed E-state index contributed by atoms with van der Waals surface area (Å²) < 4.78 is 6.08. The summed E-state index contributed by atoms with van der Waals surface area (Å²) in [6, 6.07) is 3.17. The van der Waals surface area contributed by atoms with Crippen LogP contribution in [0.25, 0.3) is 0 Å². The van der Waals surface area contributed by atoms with E-state index in [0.717, 1.165) is 25.6 Å². The van der Waals surface area contributed by atoms with Crippen LogP contribution in [0.3, 0.4) is 0 Å². The highest BCUT2D eigenvalue weighted by Gasteiger charge is 2.46. The van der Waals surface area contributed by atoms with Crippen molar-refractivity contribution >= 4 is 8.32 Å². The molecule has 1 unspecified atom stereocenters. The first-order valence-corrected chi connectivity index (χ1v) is 9.20. The lowest BCUT2D eigenvalue weighted by Crippen LogP contribution is -2.44. The Balaban J connectivity index is 2.01. The van der Waals surface area contributed by atoms with Gasteiger partial charge in [-0.15, -0.1) is 0 Å². The average Bonchev–Trinajstić information content (AvgIpc) is 2.88. The molecular weight excluding hydrogens is 204 g/mol. The van der Waals surface area contributed by atoms with Crippen LogP contribution in [0.4, 0.5) is 0 Å². The van der Waals surface area contributed by atoms with Crippen molar-refractivity contribution in [1.82, 2.24) is 4.90 Å². The van der Waals surface area contributed by atoms with E-state index in [1.54, 1.807) is 0 Å². The zero-order valence-corrected chi connectivity index (χ0v) is 10.9. The zero-order valence-electron chi connectivity index (χ0n) is 9.92. The first kappa shape index (κ1) is 11.1. The van der Waals surface area contributed by atoms with Gasteiger partial charge in [0, 0.05) is 25.6 Å². The van der Waals surface area contributed by atoms with Gasteiger partial charge in [0.1, 0.15) is 0 Å². The molecule has 1 saturated heterocycles. The van der Waals surface area contributed by atoms with Crippen molar-refractivity contribution < 1.29 is 4.43 Å². The molecule has 84 valence electrons. The maximum Gasteiger partial charge on any atom is 0.185 e. The third kappa shape index (κ3) is 2.60. The molecule has 2 aliphatic rings. The lowest BCUT2D eigenvalue weighted by atomic mass is 10.1. The van der Waals surface area contributed by atoms with Gasteiger partial charge in [0.2, 0.25) is 0 Å². The average molecular weight is 224 g/mol. The SMILES string of the molecule is C[Si](C)(C)OC1(C#N)CCN(C2CC2)C1. The predicted octanol–water partition coefficient (Wildman–Crippen LogP) is 1.97. The van der Waals surface area contributed by atoms with Gasteiger partial charge in [0.15, 0.2) is 13.9 Å². The van der Waals surface area contributed by atoms with Crippen LogP contribution in [0.1, 0.15) is 19.3 Å². The molecule has 15 heavy (non-hydrogen) atoms. The van der Waals surface area contributed by atoms with E-state index in [-0.39, 0.29) is 0 Å². The van der Waals surface area contributed by atoms with E-state index < -0.39 is 13.9 Å². The normalized spacial score (nSPS) is 32.9. The van der Waals surface area contributed by atoms with Crippen molar-refractivity contribution in [2.45, 2.75) is 50.5 Å². The van der Waals surface area contributed by atoms with Gasteiger partial charge in [-0.1, -0.05) is 0 Å². The molecule has 0 aromatic heterocycles. The lowest BCUT2D eigenvalue weighted by molar-refractivity contribution is 0.124. The second kappa shape index (κ2) is 3.58. The zero-order chi connectivity index (χ0) is 11.1. The highest BCUT2D eigenvalue weighted by molar-refractivity contribution is 6.69. The Morgan fingerprint density at radius 2 is 2.07 bits per heavy atom. The second-order valence-corrected chi connectivity index (χ2v) is 10.2. The molecule has 4 heteroatoms. The van der Waals surface area contributed by atoms with Crippen LogP contribution in [0, 0.1) is 11.3 Å². The highest BCUT2D eigenvalue weighted by atomic mass is 28.4. The molecule has 0 amide bonds. The van der Waals surface area contributed by atoms with Crippen LogP contribution in [0.15, 0.2) is 0 Å². The van der Waals surface area contributed by atoms with Crippen molar-refractivity contribution in [3.63, 3.8) is 0 Å². The van der Waals surface area contributed by atoms with E-state index in [1.807, 2.05) is 0 Å². The summed E-state index contributed by atoms with van der Waals surface area (Å²) in [5, 5.41) is 9.32. The Morgan fingerprint density at radius 3 is 2.53 bits per heavy atom. The molecule has 0 aromatic rings. The van der Waals surface area contributed by atoms with Gasteiger partial charge in [-0.25, -0.2) is 0 Å². The van der Waals surface area contributed by atoms with Gasteiger partial charge in [-0.05, 0) is 32.5 Å². The van der Waals surface area contributed by atoms with E-state index in [4.69, 9.17) is 4.43 Å². The third-order valence-electron chi connectivity index (χ3n) is 3.03. The molecular formula is C11H20N2OSi. The summed E-state index contributed by atoms with van der Waals surface area (Å²) in [5.41, 5.74) is -0.493. The number of nitrogens with zero attached hydrogens (tertiary/aromatic N) is 2. The van der Waals surface area contributed by atoms with E-state index in [0.29, 0.717) is 0 Å². The third-order valence-corrected chi connectivity index (χ3v) is 4.03. The van der Waals surface area contributed by atoms with E-state index >= 15 is 0 Å². The van der Waals surface area contributed by atoms with E-state index in [2.05, 4.69) is 30.6 Å². The number of rotatable bonds is 3. The molecule has 0 spiro atoms. The van der Waals surface area contributed by atoms with E-state index in [1.165, 1.54) is 12.8 Å². The molecule has 0 aromatic carbocycles. The molecule has 2 fully saturated rings. The minimum Gasteiger partial charge on any atom is -0.399 e. The van der Waals surface area contributed by atoms with Crippen molar-refractivity contribution in [3.05, 3.63) is 0 Å². The van der Waals surface area contributed by atoms with Crippen molar-refractivity contribution in [3.8, 4) is 6.07 Å². The smallest absolute Gasteiger partial charge is 0.185 e. The van der Waals surface area contributed by atoms with Crippen LogP contribution in [-0.4, -0.2) is 37.9 Å². The monoisotopic (exact) mass is 224 g/mol. The Kier molecular flexibility index (Phi) is 2.66. The van der Waals surface area contributed by atoms with Crippen molar-refractivity contribution in [2.75, 3.05) is 13.1 Å². The summed E-state index contributed by atoms with van der Waals surface area (Å²) in [6.45, 7) is 8.35. The largest absolute Gasteiger partial charge is 0.399 e. The Labute approximate surface area is 93.1 Å². The fourth-order valence-electron chi connectivity index (χ4n) is 2.35. The number of hydrogen-bond donors (Lipinski definition) is 0. The number of hydrogen-bond acceptors (Lipinski definition) is 3. The second-order valence-electron chi connectivity index (χ2n) is 5.77. The Hall–Kier alpha value is -0.373. The standard InChI is InChI=1S/C11H20N2OSi/c1-15(2,3)14-11(8-12)6-7-13(9-11)10-4-5-10/h10H,4-7,9H2,1-3H3. The molecule has 0 bridgehead atoms. The topological polar surface area (TPSA) is 36.3 Å². The van der Waals surface area contributed by atoms with Gasteiger partial charge < -0.3 is 4.43 Å². The molecule has 1 heterocycles. The van der Waals surface area contributed by atoms with Crippen molar-refractivity contribution in [1.29, 1.82) is 5.26 Å². The molecule has 1 aliphatic heterocycles. The maximum atomic E-state index is 9.32. The summed E-state index contributed by atoms with van der Waals surface area (Å²) >= 11 is 0. The first-order chi connectivity index (χ1) is 6.94. The van der Waals surface area contributed by atoms with E-state index in [9.17, 15) is 5.26 Å². The fraction of sp³-hybridized carbons (Fsp3) is 0.909. The maximum absolute atomic E-state index is 9.32. The van der Waals surface area contributed by atoms with Gasteiger partial charge in [-0.3, -0.25) is 4.90 Å². The summed E-state index contributed by atoms with van der Waals surface area (Å²) in [5.74, 6) is 0. The summed E-state index contributed by atoms with van der Waals surface area (Å²) in [7, 11) is -1.61. The minimum atomic E-state index is -1.61. The lowest BCUT2D eigenvalue weighted by Gasteiger charge is -2.30. The molecule has 1 aliphatic carbocycles. The Morgan fingerprint density at radius 1 is 1.40 bits per heavy atom. The van der Waals surface area contributed by atoms with Crippen LogP contribution >= 0.6 is 0 Å². The van der Waals surface area contributed by atoms with Crippen LogP contribution in [0.2, 0.25) is 19.6 Å². The summed E-state index contributed by atoms with van der Waals surface area (Å²) in [4.78, 5) is 2.43. The van der Waals surface area contributed by atoms with Crippen molar-refractivity contribution in [2.24, 2.45) is 0 Å². The molecule has 1 saturated carbocycles. The van der Waals surface area contributed by atoms with Gasteiger partial charge in [0.05, 0.1) is 6.07 Å². The molecule has 3 nitrogen and oxygen atoms in total. The Bertz CT molecular complexity index is 290. The molecule has 2 rings (SSSR count). The predicted molar refractivity (Wildman–Crippen MR) is 62.0 cm³/mol. The quantitative estimate of drug-likeness (QED) is 0.688. The van der Waals surface area contributed by atoms with Crippen LogP contribution in [-0.2, 0) is 4.43 Å². The minimum absolute atomic E-state index is 0.493. The first-order valence-electron chi connectivity index (χ1n) is 5.80. The molecule has 0 radical (unpaired) electrons. The van der Waals surface area contributed by atoms with Gasteiger partial charge in [0.25, 0.3) is 0 Å². The van der Waals surface area contributed by atoms with Gasteiger partial charge in [-0.2, -0.15) is 5.26 Å². The number of likely N-dealkylation sites (tertiary alicyclic amines) is 1. The number of nitriles is 1. The molecule has 0 N–H and O–H groups in total.